The zero-order valence-corrected chi connectivity index (χ0v) is 12.0. The number of ether oxygens (including phenoxy) is 1. The molecule has 0 spiro atoms. The molecule has 104 valence electrons. The van der Waals surface area contributed by atoms with Crippen LogP contribution in [0.1, 0.15) is 12.5 Å². The van der Waals surface area contributed by atoms with Crippen molar-refractivity contribution in [3.8, 4) is 5.75 Å². The maximum absolute atomic E-state index is 11.6. The van der Waals surface area contributed by atoms with Crippen molar-refractivity contribution in [1.82, 2.24) is 5.43 Å². The third-order valence-electron chi connectivity index (χ3n) is 2.23. The lowest BCUT2D eigenvalue weighted by Gasteiger charge is -2.22. The number of likely N-dealkylation sites (N-methyl/N-ethyl adjacent to an activating group) is 1. The number of hydrazone groups is 1. The van der Waals surface area contributed by atoms with E-state index in [9.17, 15) is 4.79 Å². The minimum absolute atomic E-state index is 0.113. The first-order valence-corrected chi connectivity index (χ1v) is 6.26. The summed E-state index contributed by atoms with van der Waals surface area (Å²) < 4.78 is 6.03. The number of para-hydroxylation sites is 1. The predicted octanol–water partition coefficient (Wildman–Crippen LogP) is 1.24. The number of nitrogens with zero attached hydrogens (tertiary/aromatic N) is 2. The van der Waals surface area contributed by atoms with Crippen molar-refractivity contribution in [2.24, 2.45) is 5.10 Å². The van der Waals surface area contributed by atoms with E-state index in [0.717, 1.165) is 11.3 Å². The van der Waals surface area contributed by atoms with Crippen LogP contribution in [0.15, 0.2) is 29.4 Å². The van der Waals surface area contributed by atoms with Gasteiger partial charge in [-0.1, -0.05) is 12.1 Å². The SMILES string of the molecule is CCOc1ccccc1C=NNC(=O)C[N+](C)(C)C. The van der Waals surface area contributed by atoms with Crippen LogP contribution >= 0.6 is 0 Å². The number of benzene rings is 1. The van der Waals surface area contributed by atoms with E-state index >= 15 is 0 Å². The Hall–Kier alpha value is -1.88. The summed E-state index contributed by atoms with van der Waals surface area (Å²) in [7, 11) is 5.86. The number of amides is 1. The van der Waals surface area contributed by atoms with E-state index < -0.39 is 0 Å². The van der Waals surface area contributed by atoms with E-state index in [0.29, 0.717) is 17.6 Å². The van der Waals surface area contributed by atoms with Crippen LogP contribution in [0.4, 0.5) is 0 Å². The van der Waals surface area contributed by atoms with E-state index in [1.807, 2.05) is 52.3 Å². The zero-order chi connectivity index (χ0) is 14.3. The second kappa shape index (κ2) is 6.89. The van der Waals surface area contributed by atoms with Crippen molar-refractivity contribution in [2.45, 2.75) is 6.92 Å². The summed E-state index contributed by atoms with van der Waals surface area (Å²) in [5, 5.41) is 3.95. The van der Waals surface area contributed by atoms with E-state index in [4.69, 9.17) is 4.74 Å². The molecule has 19 heavy (non-hydrogen) atoms. The highest BCUT2D eigenvalue weighted by molar-refractivity contribution is 5.85. The Kier molecular flexibility index (Phi) is 5.51. The highest BCUT2D eigenvalue weighted by Crippen LogP contribution is 2.15. The van der Waals surface area contributed by atoms with Gasteiger partial charge in [-0.25, -0.2) is 5.43 Å². The molecule has 1 amide bonds. The summed E-state index contributed by atoms with van der Waals surface area (Å²) in [6.45, 7) is 2.90. The fourth-order valence-electron chi connectivity index (χ4n) is 1.51. The molecule has 0 atom stereocenters. The zero-order valence-electron chi connectivity index (χ0n) is 12.0. The minimum atomic E-state index is -0.113. The van der Waals surface area contributed by atoms with Crippen LogP contribution in [-0.4, -0.2) is 50.9 Å². The number of quaternary nitrogens is 1. The summed E-state index contributed by atoms with van der Waals surface area (Å²) in [4.78, 5) is 11.6. The quantitative estimate of drug-likeness (QED) is 0.477. The molecular formula is C14H22N3O2+. The summed E-state index contributed by atoms with van der Waals surface area (Å²) in [5.74, 6) is 0.646. The molecule has 0 bridgehead atoms. The molecule has 0 aliphatic heterocycles. The predicted molar refractivity (Wildman–Crippen MR) is 76.2 cm³/mol. The monoisotopic (exact) mass is 264 g/mol. The van der Waals surface area contributed by atoms with Crippen LogP contribution in [0.3, 0.4) is 0 Å². The number of hydrogen-bond donors (Lipinski definition) is 1. The first-order valence-electron chi connectivity index (χ1n) is 6.26. The fraction of sp³-hybridized carbons (Fsp3) is 0.429. The van der Waals surface area contributed by atoms with Gasteiger partial charge in [0.05, 0.1) is 34.0 Å². The van der Waals surface area contributed by atoms with Crippen molar-refractivity contribution in [1.29, 1.82) is 0 Å². The maximum Gasteiger partial charge on any atom is 0.295 e. The molecule has 0 aliphatic rings. The van der Waals surface area contributed by atoms with Gasteiger partial charge in [0, 0.05) is 5.56 Å². The number of hydrogen-bond acceptors (Lipinski definition) is 3. The summed E-state index contributed by atoms with van der Waals surface area (Å²) in [6, 6.07) is 7.56. The second-order valence-electron chi connectivity index (χ2n) is 5.21. The highest BCUT2D eigenvalue weighted by atomic mass is 16.5. The number of carbonyl (C=O) groups is 1. The molecule has 1 rings (SSSR count). The minimum Gasteiger partial charge on any atom is -0.493 e. The summed E-state index contributed by atoms with van der Waals surface area (Å²) in [6.07, 6.45) is 1.60. The van der Waals surface area contributed by atoms with E-state index in [1.165, 1.54) is 0 Å². The average Bonchev–Trinajstić information content (AvgIpc) is 2.29. The highest BCUT2D eigenvalue weighted by Gasteiger charge is 2.13. The molecule has 0 unspecified atom stereocenters. The first kappa shape index (κ1) is 15.2. The van der Waals surface area contributed by atoms with Gasteiger partial charge in [0.1, 0.15) is 5.75 Å². The Bertz CT molecular complexity index is 450. The van der Waals surface area contributed by atoms with E-state index in [-0.39, 0.29) is 5.91 Å². The van der Waals surface area contributed by atoms with Crippen molar-refractivity contribution in [3.05, 3.63) is 29.8 Å². The lowest BCUT2D eigenvalue weighted by Crippen LogP contribution is -2.43. The molecule has 5 nitrogen and oxygen atoms in total. The van der Waals surface area contributed by atoms with Crippen LogP contribution < -0.4 is 10.2 Å². The summed E-state index contributed by atoms with van der Waals surface area (Å²) >= 11 is 0. The van der Waals surface area contributed by atoms with Gasteiger partial charge in [-0.3, -0.25) is 4.79 Å². The van der Waals surface area contributed by atoms with Gasteiger partial charge in [0.15, 0.2) is 6.54 Å². The van der Waals surface area contributed by atoms with Crippen LogP contribution in [0.5, 0.6) is 5.75 Å². The Morgan fingerprint density at radius 2 is 2.05 bits per heavy atom. The van der Waals surface area contributed by atoms with E-state index in [2.05, 4.69) is 10.5 Å². The smallest absolute Gasteiger partial charge is 0.295 e. The average molecular weight is 264 g/mol. The molecule has 1 N–H and O–H groups in total. The number of carbonyl (C=O) groups excluding carboxylic acids is 1. The molecule has 0 heterocycles. The Labute approximate surface area is 114 Å². The van der Waals surface area contributed by atoms with Crippen molar-refractivity contribution >= 4 is 12.1 Å². The van der Waals surface area contributed by atoms with Gasteiger partial charge in [-0.15, -0.1) is 0 Å². The molecule has 0 radical (unpaired) electrons. The van der Waals surface area contributed by atoms with Crippen LogP contribution in [-0.2, 0) is 4.79 Å². The summed E-state index contributed by atoms with van der Waals surface area (Å²) in [5.41, 5.74) is 3.36. The van der Waals surface area contributed by atoms with Crippen LogP contribution in [0.25, 0.3) is 0 Å². The lowest BCUT2D eigenvalue weighted by atomic mass is 10.2. The Balaban J connectivity index is 2.60. The molecule has 0 saturated carbocycles. The topological polar surface area (TPSA) is 50.7 Å². The number of rotatable bonds is 6. The third kappa shape index (κ3) is 6.01. The van der Waals surface area contributed by atoms with Crippen molar-refractivity contribution < 1.29 is 14.0 Å². The van der Waals surface area contributed by atoms with Gasteiger partial charge in [0.2, 0.25) is 0 Å². The van der Waals surface area contributed by atoms with Crippen molar-refractivity contribution in [2.75, 3.05) is 34.3 Å². The van der Waals surface area contributed by atoms with Crippen LogP contribution in [0.2, 0.25) is 0 Å². The molecule has 0 aliphatic carbocycles. The fourth-order valence-corrected chi connectivity index (χ4v) is 1.51. The molecular weight excluding hydrogens is 242 g/mol. The molecule has 1 aromatic carbocycles. The number of nitrogens with one attached hydrogen (secondary N) is 1. The van der Waals surface area contributed by atoms with E-state index in [1.54, 1.807) is 6.21 Å². The van der Waals surface area contributed by atoms with Gasteiger partial charge < -0.3 is 9.22 Å². The molecule has 5 heteroatoms. The van der Waals surface area contributed by atoms with Gasteiger partial charge in [-0.05, 0) is 19.1 Å². The maximum atomic E-state index is 11.6. The second-order valence-corrected chi connectivity index (χ2v) is 5.21. The molecule has 1 aromatic rings. The first-order chi connectivity index (χ1) is 8.92. The van der Waals surface area contributed by atoms with Gasteiger partial charge in [-0.2, -0.15) is 5.10 Å². The third-order valence-corrected chi connectivity index (χ3v) is 2.23. The van der Waals surface area contributed by atoms with Crippen LogP contribution in [0, 0.1) is 0 Å². The molecule has 0 saturated heterocycles. The van der Waals surface area contributed by atoms with Gasteiger partial charge >= 0.3 is 0 Å². The normalized spacial score (nSPS) is 11.6. The lowest BCUT2D eigenvalue weighted by molar-refractivity contribution is -0.862. The molecule has 0 fully saturated rings. The Morgan fingerprint density at radius 1 is 1.37 bits per heavy atom. The largest absolute Gasteiger partial charge is 0.493 e. The molecule has 0 aromatic heterocycles. The van der Waals surface area contributed by atoms with Crippen molar-refractivity contribution in [3.63, 3.8) is 0 Å². The Morgan fingerprint density at radius 3 is 2.68 bits per heavy atom. The standard InChI is InChI=1S/C14H21N3O2/c1-5-19-13-9-7-6-8-12(13)10-15-16-14(18)11-17(2,3)4/h6-10H,5,11H2,1-4H3/p+1. The van der Waals surface area contributed by atoms with Gasteiger partial charge in [0.25, 0.3) is 5.91 Å².